The smallest absolute Gasteiger partial charge is 0.288 e. The van der Waals surface area contributed by atoms with Crippen molar-refractivity contribution in [1.82, 2.24) is 5.32 Å². The number of nitrogens with one attached hydrogen (secondary N) is 1. The highest BCUT2D eigenvalue weighted by Crippen LogP contribution is 2.40. The molecule has 0 aliphatic carbocycles. The minimum Gasteiger partial charge on any atom is -0.487 e. The predicted molar refractivity (Wildman–Crippen MR) is 98.8 cm³/mol. The Morgan fingerprint density at radius 3 is 2.73 bits per heavy atom. The molecule has 136 valence electrons. The number of carbonyl (C=O) groups is 1. The first-order chi connectivity index (χ1) is 12.2. The summed E-state index contributed by atoms with van der Waals surface area (Å²) in [5.74, 6) is 0.354. The Morgan fingerprint density at radius 2 is 2.04 bits per heavy atom. The van der Waals surface area contributed by atoms with E-state index in [9.17, 15) is 14.9 Å². The maximum Gasteiger partial charge on any atom is 0.288 e. The van der Waals surface area contributed by atoms with Crippen LogP contribution in [0.3, 0.4) is 0 Å². The highest BCUT2D eigenvalue weighted by molar-refractivity contribution is 6.32. The van der Waals surface area contributed by atoms with Crippen molar-refractivity contribution < 1.29 is 14.5 Å². The van der Waals surface area contributed by atoms with Crippen molar-refractivity contribution in [1.29, 1.82) is 0 Å². The van der Waals surface area contributed by atoms with Crippen LogP contribution in [-0.4, -0.2) is 16.4 Å². The molecule has 0 fully saturated rings. The van der Waals surface area contributed by atoms with Crippen LogP contribution in [0.2, 0.25) is 5.02 Å². The predicted octanol–water partition coefficient (Wildman–Crippen LogP) is 4.59. The van der Waals surface area contributed by atoms with E-state index in [-0.39, 0.29) is 28.2 Å². The lowest BCUT2D eigenvalue weighted by Gasteiger charge is -2.38. The fraction of sp³-hybridized carbons (Fsp3) is 0.316. The Bertz CT molecular complexity index is 895. The number of rotatable bonds is 3. The average Bonchev–Trinajstić information content (AvgIpc) is 2.53. The summed E-state index contributed by atoms with van der Waals surface area (Å²) in [5.41, 5.74) is 1.43. The molecule has 0 saturated carbocycles. The first-order valence-electron chi connectivity index (χ1n) is 8.21. The van der Waals surface area contributed by atoms with Gasteiger partial charge in [0.25, 0.3) is 11.6 Å². The van der Waals surface area contributed by atoms with Gasteiger partial charge in [-0.1, -0.05) is 23.7 Å². The van der Waals surface area contributed by atoms with Crippen molar-refractivity contribution in [3.63, 3.8) is 0 Å². The zero-order valence-electron chi connectivity index (χ0n) is 14.7. The Labute approximate surface area is 156 Å². The quantitative estimate of drug-likeness (QED) is 0.629. The minimum absolute atomic E-state index is 0.000398. The number of carbonyl (C=O) groups excluding carboxylic acids is 1. The molecule has 1 unspecified atom stereocenters. The van der Waals surface area contributed by atoms with Crippen LogP contribution in [-0.2, 0) is 0 Å². The topological polar surface area (TPSA) is 81.5 Å². The summed E-state index contributed by atoms with van der Waals surface area (Å²) >= 11 is 5.82. The van der Waals surface area contributed by atoms with E-state index in [0.717, 1.165) is 16.9 Å². The van der Waals surface area contributed by atoms with Crippen LogP contribution in [0.25, 0.3) is 0 Å². The molecule has 0 spiro atoms. The second-order valence-electron chi connectivity index (χ2n) is 7.06. The van der Waals surface area contributed by atoms with Gasteiger partial charge in [0, 0.05) is 23.6 Å². The van der Waals surface area contributed by atoms with Crippen molar-refractivity contribution in [2.75, 3.05) is 0 Å². The van der Waals surface area contributed by atoms with Gasteiger partial charge in [0.15, 0.2) is 0 Å². The lowest BCUT2D eigenvalue weighted by atomic mass is 9.89. The number of benzene rings is 2. The van der Waals surface area contributed by atoms with Gasteiger partial charge in [-0.05, 0) is 44.5 Å². The van der Waals surface area contributed by atoms with Crippen LogP contribution in [0.1, 0.15) is 47.8 Å². The number of nitro groups is 1. The molecule has 0 bridgehead atoms. The van der Waals surface area contributed by atoms with Gasteiger partial charge in [-0.2, -0.15) is 0 Å². The first-order valence-corrected chi connectivity index (χ1v) is 8.58. The van der Waals surface area contributed by atoms with E-state index < -0.39 is 10.5 Å². The van der Waals surface area contributed by atoms with Gasteiger partial charge in [-0.25, -0.2) is 0 Å². The van der Waals surface area contributed by atoms with Gasteiger partial charge in [-0.15, -0.1) is 0 Å². The molecule has 2 aromatic rings. The molecule has 0 aromatic heterocycles. The lowest BCUT2D eigenvalue weighted by Crippen LogP contribution is -2.41. The van der Waals surface area contributed by atoms with Gasteiger partial charge < -0.3 is 10.1 Å². The third-order valence-corrected chi connectivity index (χ3v) is 4.66. The van der Waals surface area contributed by atoms with E-state index in [0.29, 0.717) is 6.42 Å². The zero-order chi connectivity index (χ0) is 19.1. The minimum atomic E-state index is -0.602. The second-order valence-corrected chi connectivity index (χ2v) is 7.46. The number of amides is 1. The summed E-state index contributed by atoms with van der Waals surface area (Å²) < 4.78 is 6.03. The summed E-state index contributed by atoms with van der Waals surface area (Å²) in [6.07, 6.45) is 0.588. The van der Waals surface area contributed by atoms with E-state index in [1.807, 2.05) is 39.0 Å². The number of ether oxygens (including phenoxy) is 1. The molecule has 7 heteroatoms. The molecule has 0 saturated heterocycles. The van der Waals surface area contributed by atoms with Gasteiger partial charge in [0.05, 0.1) is 11.0 Å². The summed E-state index contributed by atoms with van der Waals surface area (Å²) in [7, 11) is 0. The van der Waals surface area contributed by atoms with Gasteiger partial charge in [0.2, 0.25) is 0 Å². The molecule has 0 radical (unpaired) electrons. The molecule has 1 atom stereocenters. The number of nitrogens with zero attached hydrogens (tertiary/aromatic N) is 1. The molecular formula is C19H19ClN2O4. The van der Waals surface area contributed by atoms with Gasteiger partial charge in [-0.3, -0.25) is 14.9 Å². The maximum absolute atomic E-state index is 12.7. The van der Waals surface area contributed by atoms with Crippen LogP contribution < -0.4 is 10.1 Å². The third kappa shape index (κ3) is 3.65. The molecule has 1 heterocycles. The molecule has 26 heavy (non-hydrogen) atoms. The lowest BCUT2D eigenvalue weighted by molar-refractivity contribution is -0.384. The van der Waals surface area contributed by atoms with E-state index in [2.05, 4.69) is 5.32 Å². The van der Waals surface area contributed by atoms with Crippen molar-refractivity contribution in [2.45, 2.75) is 38.8 Å². The number of halogens is 1. The molecule has 3 rings (SSSR count). The fourth-order valence-electron chi connectivity index (χ4n) is 3.12. The summed E-state index contributed by atoms with van der Waals surface area (Å²) in [6, 6.07) is 9.63. The van der Waals surface area contributed by atoms with Gasteiger partial charge >= 0.3 is 0 Å². The van der Waals surface area contributed by atoms with Crippen LogP contribution in [0.5, 0.6) is 5.75 Å². The number of nitro benzene ring substituents is 1. The van der Waals surface area contributed by atoms with Crippen molar-refractivity contribution in [3.05, 3.63) is 68.2 Å². The summed E-state index contributed by atoms with van der Waals surface area (Å²) in [4.78, 5) is 23.1. The van der Waals surface area contributed by atoms with E-state index in [1.165, 1.54) is 18.2 Å². The SMILES string of the molecule is Cc1ccc2c(c1)OC(C)(C)CC2NC(=O)c1ccc(Cl)c([N+](=O)[O-])c1. The Hall–Kier alpha value is -2.60. The van der Waals surface area contributed by atoms with Crippen LogP contribution in [0.4, 0.5) is 5.69 Å². The number of aryl methyl sites for hydroxylation is 1. The van der Waals surface area contributed by atoms with Crippen molar-refractivity contribution >= 4 is 23.2 Å². The number of hydrogen-bond donors (Lipinski definition) is 1. The molecule has 1 amide bonds. The van der Waals surface area contributed by atoms with Crippen molar-refractivity contribution in [2.24, 2.45) is 0 Å². The molecule has 6 nitrogen and oxygen atoms in total. The van der Waals surface area contributed by atoms with Gasteiger partial charge in [0.1, 0.15) is 16.4 Å². The largest absolute Gasteiger partial charge is 0.487 e. The Balaban J connectivity index is 1.90. The zero-order valence-corrected chi connectivity index (χ0v) is 15.5. The molecule has 1 aliphatic rings. The van der Waals surface area contributed by atoms with E-state index >= 15 is 0 Å². The van der Waals surface area contributed by atoms with Crippen LogP contribution >= 0.6 is 11.6 Å². The summed E-state index contributed by atoms with van der Waals surface area (Å²) in [5, 5.41) is 14.0. The average molecular weight is 375 g/mol. The Kier molecular flexibility index (Phi) is 4.63. The maximum atomic E-state index is 12.7. The molecule has 1 N–H and O–H groups in total. The standard InChI is InChI=1S/C19H19ClN2O4/c1-11-4-6-13-15(10-19(2,3)26-17(13)8-11)21-18(23)12-5-7-14(20)16(9-12)22(24)25/h4-9,15H,10H2,1-3H3,(H,21,23). The molecule has 1 aliphatic heterocycles. The van der Waals surface area contributed by atoms with Crippen LogP contribution in [0.15, 0.2) is 36.4 Å². The van der Waals surface area contributed by atoms with E-state index in [1.54, 1.807) is 0 Å². The summed E-state index contributed by atoms with van der Waals surface area (Å²) in [6.45, 7) is 5.90. The Morgan fingerprint density at radius 1 is 1.31 bits per heavy atom. The van der Waals surface area contributed by atoms with Crippen molar-refractivity contribution in [3.8, 4) is 5.75 Å². The molecular weight excluding hydrogens is 356 g/mol. The highest BCUT2D eigenvalue weighted by atomic mass is 35.5. The molecule has 2 aromatic carbocycles. The first kappa shape index (κ1) is 18.2. The number of fused-ring (bicyclic) bond motifs is 1. The normalized spacial score (nSPS) is 17.8. The highest BCUT2D eigenvalue weighted by Gasteiger charge is 2.34. The third-order valence-electron chi connectivity index (χ3n) is 4.34. The fourth-order valence-corrected chi connectivity index (χ4v) is 3.31. The monoisotopic (exact) mass is 374 g/mol. The van der Waals surface area contributed by atoms with Crippen LogP contribution in [0, 0.1) is 17.0 Å². The number of hydrogen-bond acceptors (Lipinski definition) is 4. The van der Waals surface area contributed by atoms with E-state index in [4.69, 9.17) is 16.3 Å². The second kappa shape index (κ2) is 6.61.